The Morgan fingerprint density at radius 2 is 1.65 bits per heavy atom. The van der Waals surface area contributed by atoms with Gasteiger partial charge in [-0.05, 0) is 29.1 Å². The molecule has 6 heteroatoms. The second-order valence-corrected chi connectivity index (χ2v) is 4.98. The molecule has 4 rings (SSSR count). The van der Waals surface area contributed by atoms with Crippen LogP contribution in [0.2, 0.25) is 0 Å². The summed E-state index contributed by atoms with van der Waals surface area (Å²) in [6.45, 7) is 0. The van der Waals surface area contributed by atoms with Crippen LogP contribution in [0.5, 0.6) is 0 Å². The molecule has 1 heterocycles. The molecule has 4 aromatic rings. The largest absolute Gasteiger partial charge is 1.00 e. The minimum Gasteiger partial charge on any atom is -0.545 e. The Balaban J connectivity index is 0.00000156. The third-order valence-corrected chi connectivity index (χ3v) is 3.61. The Morgan fingerprint density at radius 1 is 0.913 bits per heavy atom. The zero-order valence-electron chi connectivity index (χ0n) is 12.4. The van der Waals surface area contributed by atoms with Crippen molar-refractivity contribution in [2.75, 3.05) is 0 Å². The minimum atomic E-state index is -1.20. The van der Waals surface area contributed by atoms with Crippen molar-refractivity contribution in [3.63, 3.8) is 0 Å². The second kappa shape index (κ2) is 6.12. The molecule has 0 saturated heterocycles. The van der Waals surface area contributed by atoms with Crippen molar-refractivity contribution in [2.45, 2.75) is 0 Å². The van der Waals surface area contributed by atoms with Crippen molar-refractivity contribution >= 4 is 27.8 Å². The number of carbonyl (C=O) groups is 1. The second-order valence-electron chi connectivity index (χ2n) is 4.98. The van der Waals surface area contributed by atoms with E-state index in [1.807, 2.05) is 36.4 Å². The van der Waals surface area contributed by atoms with E-state index in [-0.39, 0.29) is 35.1 Å². The first kappa shape index (κ1) is 15.7. The molecule has 0 aliphatic heterocycles. The average molecular weight is 311 g/mol. The van der Waals surface area contributed by atoms with E-state index in [0.29, 0.717) is 5.69 Å². The molecule has 0 saturated carbocycles. The van der Waals surface area contributed by atoms with Gasteiger partial charge in [0.25, 0.3) is 0 Å². The van der Waals surface area contributed by atoms with Crippen LogP contribution in [-0.4, -0.2) is 21.0 Å². The number of rotatable bonds is 2. The fraction of sp³-hybridized carbons (Fsp3) is 0. The third-order valence-electron chi connectivity index (χ3n) is 3.61. The first-order valence-corrected chi connectivity index (χ1v) is 6.79. The number of fused-ring (bicyclic) bond motifs is 3. The van der Waals surface area contributed by atoms with Crippen LogP contribution in [-0.2, 0) is 0 Å². The first-order chi connectivity index (χ1) is 10.7. The fourth-order valence-corrected chi connectivity index (χ4v) is 2.49. The molecule has 106 valence electrons. The Hall–Kier alpha value is -2.21. The molecule has 0 N–H and O–H groups in total. The zero-order chi connectivity index (χ0) is 15.1. The van der Waals surface area contributed by atoms with E-state index in [9.17, 15) is 9.90 Å². The van der Waals surface area contributed by atoms with Gasteiger partial charge < -0.3 is 9.90 Å². The van der Waals surface area contributed by atoms with Gasteiger partial charge in [0.2, 0.25) is 0 Å². The van der Waals surface area contributed by atoms with E-state index in [1.54, 1.807) is 12.1 Å². The van der Waals surface area contributed by atoms with Gasteiger partial charge in [-0.3, -0.25) is 0 Å². The van der Waals surface area contributed by atoms with E-state index in [0.717, 1.165) is 21.8 Å². The number of hydrogen-bond acceptors (Lipinski definition) is 4. The monoisotopic (exact) mass is 311 g/mol. The Bertz CT molecular complexity index is 1010. The zero-order valence-corrected chi connectivity index (χ0v) is 14.4. The maximum Gasteiger partial charge on any atom is 1.00 e. The molecular weight excluding hydrogens is 301 g/mol. The van der Waals surface area contributed by atoms with Crippen LogP contribution in [0.4, 0.5) is 0 Å². The minimum absolute atomic E-state index is 0. The Kier molecular flexibility index (Phi) is 4.17. The fourth-order valence-electron chi connectivity index (χ4n) is 2.49. The van der Waals surface area contributed by atoms with Crippen molar-refractivity contribution < 1.29 is 39.5 Å². The normalized spacial score (nSPS) is 10.6. The number of aromatic nitrogens is 3. The van der Waals surface area contributed by atoms with Crippen LogP contribution in [0.1, 0.15) is 10.4 Å². The summed E-state index contributed by atoms with van der Waals surface area (Å²) in [5.41, 5.74) is 2.45. The molecule has 0 unspecified atom stereocenters. The molecule has 0 fully saturated rings. The summed E-state index contributed by atoms with van der Waals surface area (Å²) in [7, 11) is 0. The van der Waals surface area contributed by atoms with Crippen LogP contribution < -0.4 is 34.7 Å². The molecule has 0 radical (unpaired) electrons. The van der Waals surface area contributed by atoms with Gasteiger partial charge in [0.15, 0.2) is 0 Å². The molecule has 23 heavy (non-hydrogen) atoms. The van der Waals surface area contributed by atoms with Gasteiger partial charge in [-0.25, -0.2) is 0 Å². The number of nitrogens with zero attached hydrogens (tertiary/aromatic N) is 3. The maximum absolute atomic E-state index is 10.8. The van der Waals surface area contributed by atoms with Crippen LogP contribution in [0.15, 0.2) is 60.7 Å². The van der Waals surface area contributed by atoms with Gasteiger partial charge >= 0.3 is 29.6 Å². The summed E-state index contributed by atoms with van der Waals surface area (Å²) in [5.74, 6) is -1.20. The Labute approximate surface area is 153 Å². The van der Waals surface area contributed by atoms with Crippen molar-refractivity contribution in [1.82, 2.24) is 15.0 Å². The number of carboxylic acids is 1. The summed E-state index contributed by atoms with van der Waals surface area (Å²) in [5, 5.41) is 21.9. The molecule has 5 nitrogen and oxygen atoms in total. The van der Waals surface area contributed by atoms with E-state index in [2.05, 4.69) is 10.2 Å². The number of hydrogen-bond donors (Lipinski definition) is 0. The SMILES string of the molecule is O=C([O-])c1ccc(-n2nc3ccc4ccccc4c3n2)cc1.[Na+]. The summed E-state index contributed by atoms with van der Waals surface area (Å²) in [6, 6.07) is 18.2. The standard InChI is InChI=1S/C17H11N3O2.Na/c21-17(22)12-5-8-13(9-6-12)20-18-15-10-7-11-3-1-2-4-14(11)16(15)19-20;/h1-10H,(H,21,22);/q;+1/p-1. The predicted molar refractivity (Wildman–Crippen MR) is 80.7 cm³/mol. The van der Waals surface area contributed by atoms with Crippen LogP contribution in [0.25, 0.3) is 27.5 Å². The number of benzene rings is 3. The van der Waals surface area contributed by atoms with Gasteiger partial charge in [0, 0.05) is 5.39 Å². The maximum atomic E-state index is 10.8. The van der Waals surface area contributed by atoms with Crippen LogP contribution in [0.3, 0.4) is 0 Å². The molecule has 0 bridgehead atoms. The molecule has 3 aromatic carbocycles. The van der Waals surface area contributed by atoms with Crippen LogP contribution >= 0.6 is 0 Å². The predicted octanol–water partition coefficient (Wildman–Crippen LogP) is -1.06. The van der Waals surface area contributed by atoms with E-state index >= 15 is 0 Å². The number of carbonyl (C=O) groups excluding carboxylic acids is 1. The third kappa shape index (κ3) is 2.74. The van der Waals surface area contributed by atoms with E-state index in [1.165, 1.54) is 16.9 Å². The van der Waals surface area contributed by atoms with Gasteiger partial charge in [0.1, 0.15) is 11.0 Å². The van der Waals surface area contributed by atoms with Gasteiger partial charge in [-0.1, -0.05) is 42.5 Å². The van der Waals surface area contributed by atoms with Crippen LogP contribution in [0, 0.1) is 0 Å². The summed E-state index contributed by atoms with van der Waals surface area (Å²) in [6.07, 6.45) is 0. The van der Waals surface area contributed by atoms with E-state index < -0.39 is 5.97 Å². The number of carboxylic acid groups (broad SMARTS) is 1. The van der Waals surface area contributed by atoms with Gasteiger partial charge in [-0.15, -0.1) is 10.2 Å². The quantitative estimate of drug-likeness (QED) is 0.443. The average Bonchev–Trinajstić information content (AvgIpc) is 2.99. The molecule has 0 aliphatic carbocycles. The molecule has 0 amide bonds. The van der Waals surface area contributed by atoms with Crippen molar-refractivity contribution in [3.8, 4) is 5.69 Å². The van der Waals surface area contributed by atoms with Gasteiger partial charge in [-0.2, -0.15) is 4.80 Å². The summed E-state index contributed by atoms with van der Waals surface area (Å²) < 4.78 is 0. The van der Waals surface area contributed by atoms with Gasteiger partial charge in [0.05, 0.1) is 11.7 Å². The smallest absolute Gasteiger partial charge is 0.545 e. The molecular formula is C17H10N3NaO2. The Morgan fingerprint density at radius 3 is 2.39 bits per heavy atom. The molecule has 0 atom stereocenters. The number of aromatic carboxylic acids is 1. The first-order valence-electron chi connectivity index (χ1n) is 6.79. The molecule has 1 aromatic heterocycles. The summed E-state index contributed by atoms with van der Waals surface area (Å²) in [4.78, 5) is 12.3. The molecule has 0 spiro atoms. The van der Waals surface area contributed by atoms with E-state index in [4.69, 9.17) is 0 Å². The topological polar surface area (TPSA) is 70.8 Å². The van der Waals surface area contributed by atoms with Crippen molar-refractivity contribution in [1.29, 1.82) is 0 Å². The molecule has 0 aliphatic rings. The van der Waals surface area contributed by atoms with Crippen molar-refractivity contribution in [3.05, 3.63) is 66.2 Å². The van der Waals surface area contributed by atoms with Crippen molar-refractivity contribution in [2.24, 2.45) is 0 Å². The summed E-state index contributed by atoms with van der Waals surface area (Å²) >= 11 is 0.